The molecule has 4 nitrogen and oxygen atoms in total. The molecular weight excluding hydrogens is 216 g/mol. The van der Waals surface area contributed by atoms with E-state index in [-0.39, 0.29) is 10.4 Å². The highest BCUT2D eigenvalue weighted by Crippen LogP contribution is 2.14. The molecule has 0 saturated heterocycles. The third-order valence-corrected chi connectivity index (χ3v) is 1.56. The van der Waals surface area contributed by atoms with Crippen molar-refractivity contribution in [2.24, 2.45) is 0 Å². The van der Waals surface area contributed by atoms with E-state index in [1.165, 1.54) is 21.3 Å². The first-order valence-electron chi connectivity index (χ1n) is 2.73. The van der Waals surface area contributed by atoms with E-state index in [2.05, 4.69) is 20.7 Å². The molecule has 0 aromatic carbocycles. The number of esters is 1. The van der Waals surface area contributed by atoms with E-state index in [0.717, 1.165) is 0 Å². The molecule has 64 valence electrons. The lowest BCUT2D eigenvalue weighted by molar-refractivity contribution is -0.135. The Bertz CT molecular complexity index is 169. The van der Waals surface area contributed by atoms with Gasteiger partial charge in [0.05, 0.1) is 21.3 Å². The van der Waals surface area contributed by atoms with E-state index in [9.17, 15) is 4.79 Å². The molecule has 0 aromatic heterocycles. The van der Waals surface area contributed by atoms with Gasteiger partial charge in [-0.15, -0.1) is 0 Å². The molecule has 0 radical (unpaired) electrons. The van der Waals surface area contributed by atoms with Crippen LogP contribution >= 0.6 is 15.9 Å². The van der Waals surface area contributed by atoms with Crippen molar-refractivity contribution in [3.05, 3.63) is 10.4 Å². The molecule has 0 spiro atoms. The SMILES string of the molecule is COC(=O)C(Br)=C(OC)OC. The molecule has 0 bridgehead atoms. The summed E-state index contributed by atoms with van der Waals surface area (Å²) in [5.74, 6) is -0.444. The zero-order valence-electron chi connectivity index (χ0n) is 6.51. The lowest BCUT2D eigenvalue weighted by Crippen LogP contribution is -2.05. The van der Waals surface area contributed by atoms with Gasteiger partial charge in [0, 0.05) is 0 Å². The highest BCUT2D eigenvalue weighted by Gasteiger charge is 2.13. The second-order valence-corrected chi connectivity index (χ2v) is 2.29. The molecule has 0 aliphatic rings. The molecule has 0 rings (SSSR count). The maximum atomic E-state index is 10.8. The molecule has 5 heteroatoms. The summed E-state index contributed by atoms with van der Waals surface area (Å²) in [5.41, 5.74) is 0. The third-order valence-electron chi connectivity index (χ3n) is 0.915. The lowest BCUT2D eigenvalue weighted by atomic mass is 10.6. The number of carbonyl (C=O) groups excluding carboxylic acids is 1. The highest BCUT2D eigenvalue weighted by atomic mass is 79.9. The van der Waals surface area contributed by atoms with Crippen LogP contribution in [0.4, 0.5) is 0 Å². The molecule has 11 heavy (non-hydrogen) atoms. The fraction of sp³-hybridized carbons (Fsp3) is 0.500. The Morgan fingerprint density at radius 2 is 1.55 bits per heavy atom. The standard InChI is InChI=1S/C6H9BrO4/c1-9-5(8)4(7)6(10-2)11-3/h1-3H3. The molecule has 0 aliphatic carbocycles. The van der Waals surface area contributed by atoms with Gasteiger partial charge in [-0.1, -0.05) is 0 Å². The van der Waals surface area contributed by atoms with Crippen LogP contribution in [-0.2, 0) is 19.0 Å². The van der Waals surface area contributed by atoms with Crippen LogP contribution < -0.4 is 0 Å². The van der Waals surface area contributed by atoms with Gasteiger partial charge in [-0.25, -0.2) is 4.79 Å². The zero-order valence-corrected chi connectivity index (χ0v) is 8.10. The summed E-state index contributed by atoms with van der Waals surface area (Å²) in [7, 11) is 4.05. The Kier molecular flexibility index (Phi) is 4.69. The topological polar surface area (TPSA) is 44.8 Å². The van der Waals surface area contributed by atoms with Gasteiger partial charge in [0.15, 0.2) is 4.48 Å². The van der Waals surface area contributed by atoms with Gasteiger partial charge in [-0.3, -0.25) is 0 Å². The molecule has 0 N–H and O–H groups in total. The van der Waals surface area contributed by atoms with Gasteiger partial charge in [-0.05, 0) is 15.9 Å². The zero-order chi connectivity index (χ0) is 8.85. The first-order valence-corrected chi connectivity index (χ1v) is 3.52. The van der Waals surface area contributed by atoms with Crippen LogP contribution in [0.1, 0.15) is 0 Å². The Labute approximate surface area is 73.2 Å². The summed E-state index contributed by atoms with van der Waals surface area (Å²) in [5, 5.41) is 0. The molecule has 0 fully saturated rings. The number of hydrogen-bond acceptors (Lipinski definition) is 4. The quantitative estimate of drug-likeness (QED) is 0.408. The fourth-order valence-electron chi connectivity index (χ4n) is 0.435. The normalized spacial score (nSPS) is 8.36. The van der Waals surface area contributed by atoms with E-state index >= 15 is 0 Å². The minimum atomic E-state index is -0.538. The maximum absolute atomic E-state index is 10.8. The van der Waals surface area contributed by atoms with Gasteiger partial charge in [0.1, 0.15) is 0 Å². The van der Waals surface area contributed by atoms with E-state index in [0.29, 0.717) is 0 Å². The predicted molar refractivity (Wildman–Crippen MR) is 42.0 cm³/mol. The van der Waals surface area contributed by atoms with Crippen molar-refractivity contribution in [3.63, 3.8) is 0 Å². The smallest absolute Gasteiger partial charge is 0.352 e. The molecule has 0 heterocycles. The summed E-state index contributed by atoms with van der Waals surface area (Å²) in [6.45, 7) is 0. The average Bonchev–Trinajstić information content (AvgIpc) is 2.05. The number of carbonyl (C=O) groups is 1. The van der Waals surface area contributed by atoms with Gasteiger partial charge in [0.25, 0.3) is 0 Å². The van der Waals surface area contributed by atoms with Crippen molar-refractivity contribution < 1.29 is 19.0 Å². The number of rotatable bonds is 3. The van der Waals surface area contributed by atoms with Crippen LogP contribution in [0.15, 0.2) is 10.4 Å². The van der Waals surface area contributed by atoms with Crippen molar-refractivity contribution in [2.45, 2.75) is 0 Å². The number of halogens is 1. The van der Waals surface area contributed by atoms with Gasteiger partial charge in [0.2, 0.25) is 0 Å². The Balaban J connectivity index is 4.46. The lowest BCUT2D eigenvalue weighted by Gasteiger charge is -2.05. The number of hydrogen-bond donors (Lipinski definition) is 0. The van der Waals surface area contributed by atoms with Crippen LogP contribution in [0, 0.1) is 0 Å². The first kappa shape index (κ1) is 10.3. The van der Waals surface area contributed by atoms with Crippen LogP contribution in [-0.4, -0.2) is 27.3 Å². The Morgan fingerprint density at radius 1 is 1.09 bits per heavy atom. The second-order valence-electron chi connectivity index (χ2n) is 1.50. The minimum absolute atomic E-state index is 0.0943. The monoisotopic (exact) mass is 224 g/mol. The molecule has 0 aromatic rings. The number of methoxy groups -OCH3 is 3. The van der Waals surface area contributed by atoms with E-state index in [1.54, 1.807) is 0 Å². The van der Waals surface area contributed by atoms with Crippen LogP contribution in [0.5, 0.6) is 0 Å². The molecular formula is C6H9BrO4. The molecule has 0 amide bonds. The molecule has 0 unspecified atom stereocenters. The summed E-state index contributed by atoms with van der Waals surface area (Å²) < 4.78 is 13.9. The van der Waals surface area contributed by atoms with Crippen LogP contribution in [0.2, 0.25) is 0 Å². The maximum Gasteiger partial charge on any atom is 0.352 e. The number of ether oxygens (including phenoxy) is 3. The second kappa shape index (κ2) is 5.01. The van der Waals surface area contributed by atoms with Crippen molar-refractivity contribution >= 4 is 21.9 Å². The van der Waals surface area contributed by atoms with Gasteiger partial charge >= 0.3 is 11.9 Å². The van der Waals surface area contributed by atoms with Crippen molar-refractivity contribution in [1.29, 1.82) is 0 Å². The predicted octanol–water partition coefficient (Wildman–Crippen LogP) is 1.02. The Morgan fingerprint density at radius 3 is 1.82 bits per heavy atom. The van der Waals surface area contributed by atoms with Crippen molar-refractivity contribution in [1.82, 2.24) is 0 Å². The average molecular weight is 225 g/mol. The molecule has 0 atom stereocenters. The van der Waals surface area contributed by atoms with Crippen molar-refractivity contribution in [3.8, 4) is 0 Å². The van der Waals surface area contributed by atoms with E-state index in [1.807, 2.05) is 0 Å². The summed E-state index contributed by atoms with van der Waals surface area (Å²) in [4.78, 5) is 10.8. The van der Waals surface area contributed by atoms with Crippen LogP contribution in [0.3, 0.4) is 0 Å². The fourth-order valence-corrected chi connectivity index (χ4v) is 0.921. The summed E-state index contributed by atoms with van der Waals surface area (Å²) in [6.07, 6.45) is 0. The van der Waals surface area contributed by atoms with Gasteiger partial charge in [-0.2, -0.15) is 0 Å². The summed E-state index contributed by atoms with van der Waals surface area (Å²) in [6, 6.07) is 0. The molecule has 0 saturated carbocycles. The highest BCUT2D eigenvalue weighted by molar-refractivity contribution is 9.12. The largest absolute Gasteiger partial charge is 0.468 e. The first-order chi connectivity index (χ1) is 5.17. The Hall–Kier alpha value is -0.710. The third kappa shape index (κ3) is 2.80. The van der Waals surface area contributed by atoms with Gasteiger partial charge < -0.3 is 14.2 Å². The van der Waals surface area contributed by atoms with E-state index in [4.69, 9.17) is 9.47 Å². The van der Waals surface area contributed by atoms with Crippen molar-refractivity contribution in [2.75, 3.05) is 21.3 Å². The molecule has 0 aliphatic heterocycles. The van der Waals surface area contributed by atoms with Crippen LogP contribution in [0.25, 0.3) is 0 Å². The summed E-state index contributed by atoms with van der Waals surface area (Å²) >= 11 is 2.95. The van der Waals surface area contributed by atoms with E-state index < -0.39 is 5.97 Å². The minimum Gasteiger partial charge on any atom is -0.468 e.